The van der Waals surface area contributed by atoms with Gasteiger partial charge >= 0.3 is 0 Å². The lowest BCUT2D eigenvalue weighted by Gasteiger charge is -2.24. The van der Waals surface area contributed by atoms with Crippen molar-refractivity contribution in [3.05, 3.63) is 18.0 Å². The van der Waals surface area contributed by atoms with Crippen molar-refractivity contribution in [2.24, 2.45) is 0 Å². The van der Waals surface area contributed by atoms with Crippen LogP contribution in [0.2, 0.25) is 0 Å². The van der Waals surface area contributed by atoms with Crippen LogP contribution >= 0.6 is 12.4 Å². The average molecular weight is 327 g/mol. The van der Waals surface area contributed by atoms with E-state index in [4.69, 9.17) is 0 Å². The molecule has 0 saturated carbocycles. The lowest BCUT2D eigenvalue weighted by molar-refractivity contribution is 0.0735. The zero-order valence-corrected chi connectivity index (χ0v) is 14.0. The molecular weight excluding hydrogens is 300 g/mol. The molecule has 22 heavy (non-hydrogen) atoms. The molecule has 0 aromatic carbocycles. The largest absolute Gasteiger partial charge is 0.337 e. The van der Waals surface area contributed by atoms with E-state index in [1.54, 1.807) is 0 Å². The highest BCUT2D eigenvalue weighted by Crippen LogP contribution is 2.17. The second-order valence-electron chi connectivity index (χ2n) is 6.24. The number of carbonyl (C=O) groups is 1. The number of likely N-dealkylation sites (tertiary alicyclic amines) is 1. The molecule has 1 atom stereocenters. The minimum Gasteiger partial charge on any atom is -0.337 e. The Hall–Kier alpha value is -1.07. The van der Waals surface area contributed by atoms with Gasteiger partial charge in [0.05, 0.1) is 6.04 Å². The molecule has 6 heteroatoms. The number of nitrogens with one attached hydrogen (secondary N) is 1. The summed E-state index contributed by atoms with van der Waals surface area (Å²) in [5.41, 5.74) is 0.612. The molecule has 124 valence electrons. The predicted molar refractivity (Wildman–Crippen MR) is 89.6 cm³/mol. The van der Waals surface area contributed by atoms with Crippen molar-refractivity contribution >= 4 is 18.3 Å². The Balaban J connectivity index is 0.00000176. The maximum Gasteiger partial charge on any atom is 0.274 e. The molecule has 0 radical (unpaired) electrons. The van der Waals surface area contributed by atoms with Crippen molar-refractivity contribution < 1.29 is 4.79 Å². The highest BCUT2D eigenvalue weighted by Gasteiger charge is 2.21. The topological polar surface area (TPSA) is 50.2 Å². The zero-order chi connectivity index (χ0) is 14.5. The van der Waals surface area contributed by atoms with Crippen molar-refractivity contribution in [3.8, 4) is 0 Å². The Morgan fingerprint density at radius 2 is 1.86 bits per heavy atom. The monoisotopic (exact) mass is 326 g/mol. The number of piperidine rings is 1. The molecule has 2 fully saturated rings. The van der Waals surface area contributed by atoms with Gasteiger partial charge in [0.15, 0.2) is 0 Å². The van der Waals surface area contributed by atoms with Crippen LogP contribution in [-0.4, -0.2) is 46.8 Å². The number of aromatic nitrogens is 2. The quantitative estimate of drug-likeness (QED) is 0.909. The number of carbonyl (C=O) groups excluding carboxylic acids is 1. The van der Waals surface area contributed by atoms with Gasteiger partial charge in [-0.3, -0.25) is 9.48 Å². The summed E-state index contributed by atoms with van der Waals surface area (Å²) < 4.78 is 1.98. The van der Waals surface area contributed by atoms with Gasteiger partial charge < -0.3 is 10.2 Å². The molecule has 1 N–H and O–H groups in total. The van der Waals surface area contributed by atoms with E-state index < -0.39 is 0 Å². The molecule has 0 spiro atoms. The molecule has 1 aromatic rings. The van der Waals surface area contributed by atoms with E-state index in [9.17, 15) is 4.79 Å². The molecule has 3 heterocycles. The Morgan fingerprint density at radius 1 is 1.14 bits per heavy atom. The maximum atomic E-state index is 12.6. The van der Waals surface area contributed by atoms with Crippen LogP contribution in [0.15, 0.2) is 12.3 Å². The first-order valence-electron chi connectivity index (χ1n) is 8.40. The maximum absolute atomic E-state index is 12.6. The SMILES string of the molecule is Cl.O=C(c1ccn(C2CCCNC2)n1)N1CCCCCCC1. The predicted octanol–water partition coefficient (Wildman–Crippen LogP) is 2.64. The second kappa shape index (κ2) is 8.53. The minimum atomic E-state index is 0. The fourth-order valence-corrected chi connectivity index (χ4v) is 3.33. The van der Waals surface area contributed by atoms with Gasteiger partial charge in [-0.1, -0.05) is 19.3 Å². The smallest absolute Gasteiger partial charge is 0.274 e. The third-order valence-corrected chi connectivity index (χ3v) is 4.62. The number of amides is 1. The van der Waals surface area contributed by atoms with E-state index in [1.165, 1.54) is 25.7 Å². The molecule has 0 aliphatic carbocycles. The summed E-state index contributed by atoms with van der Waals surface area (Å²) in [7, 11) is 0. The molecule has 1 amide bonds. The van der Waals surface area contributed by atoms with Crippen LogP contribution in [0.3, 0.4) is 0 Å². The molecule has 1 aromatic heterocycles. The summed E-state index contributed by atoms with van der Waals surface area (Å²) in [4.78, 5) is 14.6. The van der Waals surface area contributed by atoms with Gasteiger partial charge in [-0.25, -0.2) is 0 Å². The highest BCUT2D eigenvalue weighted by atomic mass is 35.5. The standard InChI is InChI=1S/C16H26N4O.ClH/c21-16(19-10-4-2-1-3-5-11-19)15-8-12-20(18-15)14-7-6-9-17-13-14;/h8,12,14,17H,1-7,9-11,13H2;1H. The molecule has 3 rings (SSSR count). The average Bonchev–Trinajstić information content (AvgIpc) is 2.97. The second-order valence-corrected chi connectivity index (χ2v) is 6.24. The van der Waals surface area contributed by atoms with Crippen LogP contribution in [0.4, 0.5) is 0 Å². The van der Waals surface area contributed by atoms with Crippen LogP contribution in [-0.2, 0) is 0 Å². The lowest BCUT2D eigenvalue weighted by atomic mass is 10.1. The Kier molecular flexibility index (Phi) is 6.70. The molecule has 0 bridgehead atoms. The summed E-state index contributed by atoms with van der Waals surface area (Å²) in [6, 6.07) is 2.28. The normalized spacial score (nSPS) is 23.3. The third-order valence-electron chi connectivity index (χ3n) is 4.62. The summed E-state index contributed by atoms with van der Waals surface area (Å²) >= 11 is 0. The summed E-state index contributed by atoms with van der Waals surface area (Å²) in [6.07, 6.45) is 10.3. The van der Waals surface area contributed by atoms with Gasteiger partial charge in [-0.15, -0.1) is 12.4 Å². The van der Waals surface area contributed by atoms with E-state index in [0.29, 0.717) is 11.7 Å². The van der Waals surface area contributed by atoms with Crippen molar-refractivity contribution in [2.45, 2.75) is 51.0 Å². The molecule has 2 saturated heterocycles. The number of halogens is 1. The van der Waals surface area contributed by atoms with E-state index in [2.05, 4.69) is 10.4 Å². The highest BCUT2D eigenvalue weighted by molar-refractivity contribution is 5.92. The van der Waals surface area contributed by atoms with Crippen molar-refractivity contribution in [1.82, 2.24) is 20.0 Å². The van der Waals surface area contributed by atoms with Gasteiger partial charge in [0, 0.05) is 25.8 Å². The first kappa shape index (κ1) is 17.3. The molecule has 1 unspecified atom stereocenters. The lowest BCUT2D eigenvalue weighted by Crippen LogP contribution is -2.35. The van der Waals surface area contributed by atoms with Gasteiger partial charge in [-0.2, -0.15) is 5.10 Å². The van der Waals surface area contributed by atoms with Gasteiger partial charge in [0.2, 0.25) is 0 Å². The van der Waals surface area contributed by atoms with Crippen LogP contribution in [0.1, 0.15) is 61.5 Å². The number of rotatable bonds is 2. The van der Waals surface area contributed by atoms with Crippen molar-refractivity contribution in [3.63, 3.8) is 0 Å². The Labute approximate surface area is 138 Å². The van der Waals surface area contributed by atoms with Crippen LogP contribution < -0.4 is 5.32 Å². The molecule has 2 aliphatic rings. The van der Waals surface area contributed by atoms with Gasteiger partial charge in [0.25, 0.3) is 5.91 Å². The molecule has 2 aliphatic heterocycles. The first-order valence-corrected chi connectivity index (χ1v) is 8.40. The van der Waals surface area contributed by atoms with Crippen molar-refractivity contribution in [1.29, 1.82) is 0 Å². The zero-order valence-electron chi connectivity index (χ0n) is 13.2. The van der Waals surface area contributed by atoms with Crippen LogP contribution in [0.25, 0.3) is 0 Å². The third kappa shape index (κ3) is 4.23. The van der Waals surface area contributed by atoms with E-state index in [0.717, 1.165) is 45.4 Å². The Bertz CT molecular complexity index is 462. The summed E-state index contributed by atoms with van der Waals surface area (Å²) in [5, 5.41) is 7.94. The van der Waals surface area contributed by atoms with Crippen molar-refractivity contribution in [2.75, 3.05) is 26.2 Å². The van der Waals surface area contributed by atoms with E-state index >= 15 is 0 Å². The number of hydrogen-bond donors (Lipinski definition) is 1. The number of hydrogen-bond acceptors (Lipinski definition) is 3. The Morgan fingerprint density at radius 3 is 2.55 bits per heavy atom. The minimum absolute atomic E-state index is 0. The molecular formula is C16H27ClN4O. The summed E-state index contributed by atoms with van der Waals surface area (Å²) in [6.45, 7) is 3.82. The fourth-order valence-electron chi connectivity index (χ4n) is 3.33. The summed E-state index contributed by atoms with van der Waals surface area (Å²) in [5.74, 6) is 0.111. The van der Waals surface area contributed by atoms with Gasteiger partial charge in [-0.05, 0) is 38.3 Å². The fraction of sp³-hybridized carbons (Fsp3) is 0.750. The number of nitrogens with zero attached hydrogens (tertiary/aromatic N) is 3. The van der Waals surface area contributed by atoms with Gasteiger partial charge in [0.1, 0.15) is 5.69 Å². The first-order chi connectivity index (χ1) is 10.3. The van der Waals surface area contributed by atoms with Crippen LogP contribution in [0, 0.1) is 0 Å². The van der Waals surface area contributed by atoms with E-state index in [1.807, 2.05) is 21.8 Å². The molecule has 5 nitrogen and oxygen atoms in total. The van der Waals surface area contributed by atoms with E-state index in [-0.39, 0.29) is 18.3 Å². The van der Waals surface area contributed by atoms with Crippen LogP contribution in [0.5, 0.6) is 0 Å².